The van der Waals surface area contributed by atoms with Crippen molar-refractivity contribution >= 4 is 28.9 Å². The van der Waals surface area contributed by atoms with Crippen LogP contribution in [0.1, 0.15) is 44.9 Å². The van der Waals surface area contributed by atoms with Crippen LogP contribution in [0, 0.1) is 6.92 Å². The summed E-state index contributed by atoms with van der Waals surface area (Å²) in [6.07, 6.45) is 0.233. The van der Waals surface area contributed by atoms with Gasteiger partial charge in [-0.15, -0.1) is 11.3 Å². The molecule has 0 spiro atoms. The van der Waals surface area contributed by atoms with Crippen LogP contribution in [0.5, 0.6) is 11.5 Å². The molecule has 1 aromatic heterocycles. The van der Waals surface area contributed by atoms with E-state index in [0.717, 1.165) is 21.6 Å². The van der Waals surface area contributed by atoms with E-state index in [1.54, 1.807) is 7.11 Å². The molecule has 1 amide bonds. The van der Waals surface area contributed by atoms with Gasteiger partial charge in [0.1, 0.15) is 4.88 Å². The number of ether oxygens (including phenoxy) is 2. The quantitative estimate of drug-likeness (QED) is 0.546. The Morgan fingerprint density at radius 3 is 2.58 bits per heavy atom. The van der Waals surface area contributed by atoms with E-state index in [4.69, 9.17) is 9.47 Å². The highest BCUT2D eigenvalue weighted by atomic mass is 32.1. The number of carboxylic acids is 1. The van der Waals surface area contributed by atoms with E-state index >= 15 is 0 Å². The molecule has 1 aliphatic rings. The molecular weight excluding hydrogens is 414 g/mol. The maximum Gasteiger partial charge on any atom is 0.346 e. The second-order valence-corrected chi connectivity index (χ2v) is 8.42. The van der Waals surface area contributed by atoms with Crippen LogP contribution >= 0.6 is 11.3 Å². The molecule has 2 N–H and O–H groups in total. The molecule has 3 aromatic rings. The number of hydrogen-bond acceptors (Lipinski definition) is 5. The highest BCUT2D eigenvalue weighted by Crippen LogP contribution is 2.50. The lowest BCUT2D eigenvalue weighted by atomic mass is 9.88. The number of benzene rings is 2. The number of hydrogen-bond donors (Lipinski definition) is 2. The smallest absolute Gasteiger partial charge is 0.346 e. The van der Waals surface area contributed by atoms with Crippen molar-refractivity contribution in [2.75, 3.05) is 19.0 Å². The molecule has 0 radical (unpaired) electrons. The number of aromatic carboxylic acids is 1. The number of methoxy groups -OCH3 is 1. The van der Waals surface area contributed by atoms with Crippen LogP contribution in [0.15, 0.2) is 42.5 Å². The summed E-state index contributed by atoms with van der Waals surface area (Å²) in [6, 6.07) is 13.3. The largest absolute Gasteiger partial charge is 0.493 e. The first-order chi connectivity index (χ1) is 14.9. The summed E-state index contributed by atoms with van der Waals surface area (Å²) in [5.41, 5.74) is 3.87. The average Bonchev–Trinajstić information content (AvgIpc) is 3.14. The Bertz CT molecular complexity index is 1150. The molecule has 2 aromatic carbocycles. The first-order valence-corrected chi connectivity index (χ1v) is 10.8. The van der Waals surface area contributed by atoms with Gasteiger partial charge >= 0.3 is 5.97 Å². The fraction of sp³-hybridized carbons (Fsp3) is 0.250. The number of carboxylic acid groups (broad SMARTS) is 1. The summed E-state index contributed by atoms with van der Waals surface area (Å²) in [6.45, 7) is 4.39. The Kier molecular flexibility index (Phi) is 5.69. The Balaban J connectivity index is 1.87. The maximum atomic E-state index is 12.6. The van der Waals surface area contributed by atoms with E-state index in [9.17, 15) is 14.7 Å². The van der Waals surface area contributed by atoms with Crippen molar-refractivity contribution in [3.8, 4) is 22.6 Å². The second kappa shape index (κ2) is 8.43. The Labute approximate surface area is 184 Å². The van der Waals surface area contributed by atoms with Gasteiger partial charge in [0.15, 0.2) is 11.5 Å². The predicted octanol–water partition coefficient (Wildman–Crippen LogP) is 5.30. The van der Waals surface area contributed by atoms with Crippen LogP contribution in [0.4, 0.5) is 5.69 Å². The van der Waals surface area contributed by atoms with Crippen LogP contribution in [0.25, 0.3) is 11.1 Å². The van der Waals surface area contributed by atoms with Crippen molar-refractivity contribution in [3.63, 3.8) is 0 Å². The zero-order chi connectivity index (χ0) is 22.1. The number of amides is 1. The highest BCUT2D eigenvalue weighted by Gasteiger charge is 2.34. The van der Waals surface area contributed by atoms with Gasteiger partial charge in [0.2, 0.25) is 5.91 Å². The lowest BCUT2D eigenvalue weighted by Crippen LogP contribution is -2.22. The van der Waals surface area contributed by atoms with Crippen molar-refractivity contribution in [1.29, 1.82) is 0 Å². The Morgan fingerprint density at radius 2 is 1.94 bits per heavy atom. The zero-order valence-electron chi connectivity index (χ0n) is 17.5. The molecule has 0 fully saturated rings. The van der Waals surface area contributed by atoms with E-state index in [-0.39, 0.29) is 23.1 Å². The number of aryl methyl sites for hydroxylation is 1. The van der Waals surface area contributed by atoms with Crippen LogP contribution in [-0.2, 0) is 4.79 Å². The molecule has 1 unspecified atom stereocenters. The van der Waals surface area contributed by atoms with E-state index in [1.807, 2.05) is 56.3 Å². The molecule has 6 nitrogen and oxygen atoms in total. The normalized spacial score (nSPS) is 15.2. The first kappa shape index (κ1) is 20.9. The van der Waals surface area contributed by atoms with Gasteiger partial charge in [-0.25, -0.2) is 4.79 Å². The summed E-state index contributed by atoms with van der Waals surface area (Å²) >= 11 is 1.22. The fourth-order valence-electron chi connectivity index (χ4n) is 3.88. The van der Waals surface area contributed by atoms with Gasteiger partial charge in [0.25, 0.3) is 0 Å². The maximum absolute atomic E-state index is 12.6. The molecule has 0 aliphatic carbocycles. The standard InChI is InChI=1S/C24H23NO5S/c1-4-30-17-10-9-15(11-18(17)29-3)16-12-19(26)25-21-20(14-7-5-13(2)6-8-14)23(24(27)28)31-22(16)21/h5-11,16H,4,12H2,1-3H3,(H,25,26)(H,27,28). The summed E-state index contributed by atoms with van der Waals surface area (Å²) in [4.78, 5) is 25.8. The van der Waals surface area contributed by atoms with E-state index < -0.39 is 5.97 Å². The highest BCUT2D eigenvalue weighted by molar-refractivity contribution is 7.15. The van der Waals surface area contributed by atoms with Gasteiger partial charge in [0.05, 0.1) is 19.4 Å². The third-order valence-corrected chi connectivity index (χ3v) is 6.62. The van der Waals surface area contributed by atoms with Crippen LogP contribution in [0.2, 0.25) is 0 Å². The first-order valence-electron chi connectivity index (χ1n) is 10.0. The third kappa shape index (κ3) is 3.88. The van der Waals surface area contributed by atoms with Gasteiger partial charge in [-0.1, -0.05) is 35.9 Å². The van der Waals surface area contributed by atoms with Crippen molar-refractivity contribution in [1.82, 2.24) is 0 Å². The van der Waals surface area contributed by atoms with Crippen LogP contribution < -0.4 is 14.8 Å². The molecule has 1 atom stereocenters. The Morgan fingerprint density at radius 1 is 1.19 bits per heavy atom. The monoisotopic (exact) mass is 437 g/mol. The fourth-order valence-corrected chi connectivity index (χ4v) is 5.12. The molecule has 7 heteroatoms. The number of thiophene rings is 1. The van der Waals surface area contributed by atoms with Crippen LogP contribution in [0.3, 0.4) is 0 Å². The minimum atomic E-state index is -1.01. The number of fused-ring (bicyclic) bond motifs is 1. The number of anilines is 1. The van der Waals surface area contributed by atoms with Gasteiger partial charge < -0.3 is 19.9 Å². The molecule has 2 heterocycles. The average molecular weight is 438 g/mol. The predicted molar refractivity (Wildman–Crippen MR) is 121 cm³/mol. The van der Waals surface area contributed by atoms with Gasteiger partial charge in [0, 0.05) is 22.8 Å². The molecule has 0 bridgehead atoms. The number of carbonyl (C=O) groups excluding carboxylic acids is 1. The minimum absolute atomic E-state index is 0.145. The molecular formula is C24H23NO5S. The lowest BCUT2D eigenvalue weighted by Gasteiger charge is -2.24. The van der Waals surface area contributed by atoms with Gasteiger partial charge in [-0.3, -0.25) is 4.79 Å². The van der Waals surface area contributed by atoms with Crippen LogP contribution in [-0.4, -0.2) is 30.7 Å². The molecule has 31 heavy (non-hydrogen) atoms. The minimum Gasteiger partial charge on any atom is -0.493 e. The van der Waals surface area contributed by atoms with Gasteiger partial charge in [-0.05, 0) is 37.1 Å². The van der Waals surface area contributed by atoms with E-state index in [1.165, 1.54) is 11.3 Å². The number of nitrogens with one attached hydrogen (secondary N) is 1. The summed E-state index contributed by atoms with van der Waals surface area (Å²) < 4.78 is 11.1. The molecule has 160 valence electrons. The molecule has 4 rings (SSSR count). The van der Waals surface area contributed by atoms with Crippen molar-refractivity contribution in [3.05, 3.63) is 63.3 Å². The lowest BCUT2D eigenvalue weighted by molar-refractivity contribution is -0.116. The SMILES string of the molecule is CCOc1ccc(C2CC(=O)Nc3c2sc(C(=O)O)c3-c2ccc(C)cc2)cc1OC. The summed E-state index contributed by atoms with van der Waals surface area (Å²) in [7, 11) is 1.57. The van der Waals surface area contributed by atoms with Crippen molar-refractivity contribution in [2.24, 2.45) is 0 Å². The summed E-state index contributed by atoms with van der Waals surface area (Å²) in [5, 5.41) is 12.8. The third-order valence-electron chi connectivity index (χ3n) is 5.33. The Hall–Kier alpha value is -3.32. The van der Waals surface area contributed by atoms with Gasteiger partial charge in [-0.2, -0.15) is 0 Å². The molecule has 0 saturated heterocycles. The summed E-state index contributed by atoms with van der Waals surface area (Å²) in [5.74, 6) is -0.205. The number of rotatable bonds is 6. The van der Waals surface area contributed by atoms with Crippen molar-refractivity contribution < 1.29 is 24.2 Å². The molecule has 0 saturated carbocycles. The van der Waals surface area contributed by atoms with Crippen molar-refractivity contribution in [2.45, 2.75) is 26.2 Å². The zero-order valence-corrected chi connectivity index (χ0v) is 18.3. The molecule has 1 aliphatic heterocycles. The second-order valence-electron chi connectivity index (χ2n) is 7.36. The topological polar surface area (TPSA) is 84.9 Å². The van der Waals surface area contributed by atoms with E-state index in [2.05, 4.69) is 5.32 Å². The van der Waals surface area contributed by atoms with E-state index in [0.29, 0.717) is 29.4 Å². The number of carbonyl (C=O) groups is 2.